The zero-order chi connectivity index (χ0) is 22.0. The molecule has 1 aromatic carbocycles. The SMILES string of the molecule is CC(=O)NC[C@H]1CN(c2ccc(N3CC=C(c4cc(C#N)no4)CC3)c(F)c2)C(=O)O1. The molecule has 31 heavy (non-hydrogen) atoms. The topological polar surface area (TPSA) is 112 Å². The minimum atomic E-state index is -0.572. The largest absolute Gasteiger partial charge is 0.442 e. The Morgan fingerprint density at radius 1 is 1.42 bits per heavy atom. The van der Waals surface area contributed by atoms with Crippen molar-refractivity contribution in [3.8, 4) is 6.07 Å². The Hall–Kier alpha value is -3.87. The summed E-state index contributed by atoms with van der Waals surface area (Å²) in [5.74, 6) is -0.107. The van der Waals surface area contributed by atoms with Crippen LogP contribution >= 0.6 is 0 Å². The predicted octanol–water partition coefficient (Wildman–Crippen LogP) is 2.44. The molecule has 2 aromatic rings. The molecule has 2 amide bonds. The second-order valence-corrected chi connectivity index (χ2v) is 7.30. The number of benzene rings is 1. The van der Waals surface area contributed by atoms with Gasteiger partial charge in [0.05, 0.1) is 24.5 Å². The monoisotopic (exact) mass is 425 g/mol. The lowest BCUT2D eigenvalue weighted by Gasteiger charge is -2.28. The number of carbonyl (C=O) groups excluding carboxylic acids is 2. The highest BCUT2D eigenvalue weighted by atomic mass is 19.1. The van der Waals surface area contributed by atoms with Crippen molar-refractivity contribution in [2.24, 2.45) is 0 Å². The zero-order valence-corrected chi connectivity index (χ0v) is 16.8. The van der Waals surface area contributed by atoms with Crippen molar-refractivity contribution in [1.82, 2.24) is 10.5 Å². The van der Waals surface area contributed by atoms with E-state index in [1.807, 2.05) is 17.0 Å². The van der Waals surface area contributed by atoms with Crippen LogP contribution in [-0.4, -0.2) is 49.4 Å². The summed E-state index contributed by atoms with van der Waals surface area (Å²) in [7, 11) is 0. The molecule has 2 aliphatic rings. The predicted molar refractivity (Wildman–Crippen MR) is 109 cm³/mol. The van der Waals surface area contributed by atoms with Gasteiger partial charge in [-0.2, -0.15) is 5.26 Å². The lowest BCUT2D eigenvalue weighted by Crippen LogP contribution is -2.33. The van der Waals surface area contributed by atoms with Crippen LogP contribution < -0.4 is 15.1 Å². The maximum absolute atomic E-state index is 14.9. The Morgan fingerprint density at radius 3 is 2.90 bits per heavy atom. The zero-order valence-electron chi connectivity index (χ0n) is 16.8. The van der Waals surface area contributed by atoms with Crippen molar-refractivity contribution < 1.29 is 23.2 Å². The number of amides is 2. The highest BCUT2D eigenvalue weighted by molar-refractivity contribution is 5.90. The van der Waals surface area contributed by atoms with Crippen LogP contribution in [0.25, 0.3) is 5.57 Å². The van der Waals surface area contributed by atoms with E-state index in [0.29, 0.717) is 36.6 Å². The molecule has 0 aliphatic carbocycles. The third-order valence-electron chi connectivity index (χ3n) is 5.19. The number of halogens is 1. The van der Waals surface area contributed by atoms with Crippen molar-refractivity contribution in [2.75, 3.05) is 36.0 Å². The molecule has 1 aromatic heterocycles. The minimum Gasteiger partial charge on any atom is -0.442 e. The van der Waals surface area contributed by atoms with E-state index in [1.165, 1.54) is 17.9 Å². The van der Waals surface area contributed by atoms with E-state index < -0.39 is 18.0 Å². The summed E-state index contributed by atoms with van der Waals surface area (Å²) in [6, 6.07) is 8.14. The van der Waals surface area contributed by atoms with Crippen LogP contribution in [0.2, 0.25) is 0 Å². The van der Waals surface area contributed by atoms with E-state index in [0.717, 1.165) is 5.57 Å². The number of nitrogens with zero attached hydrogens (tertiary/aromatic N) is 4. The fourth-order valence-electron chi connectivity index (χ4n) is 3.61. The van der Waals surface area contributed by atoms with Gasteiger partial charge in [0.15, 0.2) is 11.5 Å². The van der Waals surface area contributed by atoms with Gasteiger partial charge in [0.25, 0.3) is 0 Å². The van der Waals surface area contributed by atoms with E-state index in [9.17, 15) is 14.0 Å². The van der Waals surface area contributed by atoms with Crippen LogP contribution in [0.15, 0.2) is 34.9 Å². The molecule has 2 aliphatic heterocycles. The van der Waals surface area contributed by atoms with E-state index in [2.05, 4.69) is 10.5 Å². The molecule has 0 bridgehead atoms. The number of anilines is 2. The van der Waals surface area contributed by atoms with Gasteiger partial charge in [-0.1, -0.05) is 11.2 Å². The standard InChI is InChI=1S/C21H20FN5O4/c1-13(28)24-11-17-12-27(21(29)30-17)16-2-3-19(18(22)9-16)26-6-4-14(5-7-26)20-8-15(10-23)25-31-20/h2-4,8-9,17H,5-7,11-12H2,1H3,(H,24,28)/t17-/m0/s1. The summed E-state index contributed by atoms with van der Waals surface area (Å²) >= 11 is 0. The number of carbonyl (C=O) groups is 2. The molecule has 4 rings (SSSR count). The van der Waals surface area contributed by atoms with E-state index in [4.69, 9.17) is 14.5 Å². The summed E-state index contributed by atoms with van der Waals surface area (Å²) in [5.41, 5.74) is 1.97. The molecule has 0 radical (unpaired) electrons. The van der Waals surface area contributed by atoms with Crippen LogP contribution in [0.5, 0.6) is 0 Å². The second-order valence-electron chi connectivity index (χ2n) is 7.30. The van der Waals surface area contributed by atoms with Gasteiger partial charge >= 0.3 is 6.09 Å². The first-order valence-corrected chi connectivity index (χ1v) is 9.78. The highest BCUT2D eigenvalue weighted by Crippen LogP contribution is 2.31. The number of nitriles is 1. The van der Waals surface area contributed by atoms with Crippen LogP contribution in [0.4, 0.5) is 20.6 Å². The summed E-state index contributed by atoms with van der Waals surface area (Å²) in [6.07, 6.45) is 1.48. The number of hydrogen-bond acceptors (Lipinski definition) is 7. The molecule has 1 N–H and O–H groups in total. The van der Waals surface area contributed by atoms with Crippen LogP contribution in [0.3, 0.4) is 0 Å². The smallest absolute Gasteiger partial charge is 0.414 e. The molecule has 1 saturated heterocycles. The molecular weight excluding hydrogens is 405 g/mol. The maximum atomic E-state index is 14.9. The van der Waals surface area contributed by atoms with E-state index in [-0.39, 0.29) is 24.7 Å². The second kappa shape index (κ2) is 8.47. The fourth-order valence-corrected chi connectivity index (χ4v) is 3.61. The first-order valence-electron chi connectivity index (χ1n) is 9.78. The maximum Gasteiger partial charge on any atom is 0.414 e. The summed E-state index contributed by atoms with van der Waals surface area (Å²) in [4.78, 5) is 26.4. The Balaban J connectivity index is 1.43. The molecular formula is C21H20FN5O4. The van der Waals surface area contributed by atoms with Crippen molar-refractivity contribution in [3.05, 3.63) is 47.6 Å². The molecule has 1 fully saturated rings. The minimum absolute atomic E-state index is 0.210. The lowest BCUT2D eigenvalue weighted by atomic mass is 10.0. The van der Waals surface area contributed by atoms with Crippen LogP contribution in [0, 0.1) is 17.1 Å². The number of cyclic esters (lactones) is 1. The first-order chi connectivity index (χ1) is 14.9. The molecule has 160 valence electrons. The molecule has 0 saturated carbocycles. The number of rotatable bonds is 5. The van der Waals surface area contributed by atoms with Crippen molar-refractivity contribution in [1.29, 1.82) is 5.26 Å². The Labute approximate surface area is 177 Å². The number of hydrogen-bond donors (Lipinski definition) is 1. The molecule has 9 nitrogen and oxygen atoms in total. The molecule has 3 heterocycles. The fraction of sp³-hybridized carbons (Fsp3) is 0.333. The van der Waals surface area contributed by atoms with Crippen molar-refractivity contribution in [2.45, 2.75) is 19.4 Å². The van der Waals surface area contributed by atoms with Gasteiger partial charge in [-0.25, -0.2) is 9.18 Å². The van der Waals surface area contributed by atoms with Gasteiger partial charge in [-0.15, -0.1) is 0 Å². The summed E-state index contributed by atoms with van der Waals surface area (Å²) in [5, 5.41) is 15.1. The molecule has 0 unspecified atom stereocenters. The van der Waals surface area contributed by atoms with Gasteiger partial charge in [0.1, 0.15) is 18.0 Å². The van der Waals surface area contributed by atoms with Crippen LogP contribution in [0.1, 0.15) is 24.8 Å². The van der Waals surface area contributed by atoms with E-state index in [1.54, 1.807) is 18.2 Å². The lowest BCUT2D eigenvalue weighted by molar-refractivity contribution is -0.119. The van der Waals surface area contributed by atoms with Gasteiger partial charge in [0, 0.05) is 26.1 Å². The van der Waals surface area contributed by atoms with Gasteiger partial charge in [-0.05, 0) is 30.2 Å². The Bertz CT molecular complexity index is 1090. The van der Waals surface area contributed by atoms with Crippen molar-refractivity contribution in [3.63, 3.8) is 0 Å². The third-order valence-corrected chi connectivity index (χ3v) is 5.19. The van der Waals surface area contributed by atoms with Gasteiger partial charge < -0.3 is 19.5 Å². The van der Waals surface area contributed by atoms with E-state index >= 15 is 0 Å². The highest BCUT2D eigenvalue weighted by Gasteiger charge is 2.33. The summed E-state index contributed by atoms with van der Waals surface area (Å²) in [6.45, 7) is 2.86. The van der Waals surface area contributed by atoms with Gasteiger partial charge in [0.2, 0.25) is 5.91 Å². The third kappa shape index (κ3) is 4.35. The number of nitrogens with one attached hydrogen (secondary N) is 1. The number of aromatic nitrogens is 1. The van der Waals surface area contributed by atoms with Crippen LogP contribution in [-0.2, 0) is 9.53 Å². The first kappa shape index (κ1) is 20.4. The normalized spacial score (nSPS) is 18.4. The average molecular weight is 425 g/mol. The average Bonchev–Trinajstić information content (AvgIpc) is 3.39. The molecule has 0 spiro atoms. The molecule has 1 atom stereocenters. The Morgan fingerprint density at radius 2 is 2.26 bits per heavy atom. The Kier molecular flexibility index (Phi) is 5.58. The quantitative estimate of drug-likeness (QED) is 0.783. The number of ether oxygens (including phenoxy) is 1. The molecule has 10 heteroatoms. The van der Waals surface area contributed by atoms with Gasteiger partial charge in [-0.3, -0.25) is 9.69 Å². The summed E-state index contributed by atoms with van der Waals surface area (Å²) < 4.78 is 25.3. The van der Waals surface area contributed by atoms with Crippen molar-refractivity contribution >= 4 is 28.9 Å².